The van der Waals surface area contributed by atoms with Crippen LogP contribution in [0.5, 0.6) is 11.5 Å². The van der Waals surface area contributed by atoms with Crippen LogP contribution < -0.4 is 14.8 Å². The molecule has 35 heavy (non-hydrogen) atoms. The van der Waals surface area contributed by atoms with E-state index in [-0.39, 0.29) is 30.8 Å². The fraction of sp³-hybridized carbons (Fsp3) is 0.310. The Morgan fingerprint density at radius 2 is 1.46 bits per heavy atom. The SMILES string of the molecule is COc1ccc(CC(=O)N(Cc2cccc(OC)c2)[C@@H](Cc2ccccc2)C(=O)NC(C)C)cc1. The zero-order chi connectivity index (χ0) is 25.2. The van der Waals surface area contributed by atoms with Crippen LogP contribution in [0.2, 0.25) is 0 Å². The van der Waals surface area contributed by atoms with Crippen LogP contribution in [-0.2, 0) is 29.0 Å². The molecule has 2 amide bonds. The summed E-state index contributed by atoms with van der Waals surface area (Å²) in [5.41, 5.74) is 2.74. The molecule has 0 heterocycles. The van der Waals surface area contributed by atoms with Gasteiger partial charge in [0, 0.05) is 19.0 Å². The molecule has 0 unspecified atom stereocenters. The summed E-state index contributed by atoms with van der Waals surface area (Å²) in [6.45, 7) is 4.13. The van der Waals surface area contributed by atoms with E-state index in [0.29, 0.717) is 12.2 Å². The van der Waals surface area contributed by atoms with Gasteiger partial charge in [0.2, 0.25) is 11.8 Å². The molecule has 6 nitrogen and oxygen atoms in total. The lowest BCUT2D eigenvalue weighted by Gasteiger charge is -2.32. The van der Waals surface area contributed by atoms with Gasteiger partial charge in [0.1, 0.15) is 17.5 Å². The van der Waals surface area contributed by atoms with Crippen LogP contribution >= 0.6 is 0 Å². The molecule has 0 aliphatic carbocycles. The number of ether oxygens (including phenoxy) is 2. The quantitative estimate of drug-likeness (QED) is 0.447. The van der Waals surface area contributed by atoms with Crippen LogP contribution in [-0.4, -0.2) is 43.0 Å². The standard InChI is InChI=1S/C29H34N2O4/c1-21(2)30-29(33)27(18-22-9-6-5-7-10-22)31(20-24-11-8-12-26(17-24)35-4)28(32)19-23-13-15-25(34-3)16-14-23/h5-17,21,27H,18-20H2,1-4H3,(H,30,33)/t27-/m0/s1. The molecule has 6 heteroatoms. The number of carbonyl (C=O) groups is 2. The summed E-state index contributed by atoms with van der Waals surface area (Å²) in [6, 6.07) is 24.1. The van der Waals surface area contributed by atoms with Crippen LogP contribution in [0.25, 0.3) is 0 Å². The summed E-state index contributed by atoms with van der Waals surface area (Å²) >= 11 is 0. The number of methoxy groups -OCH3 is 2. The number of rotatable bonds is 11. The van der Waals surface area contributed by atoms with Crippen LogP contribution in [0.4, 0.5) is 0 Å². The van der Waals surface area contributed by atoms with Crippen LogP contribution in [0, 0.1) is 0 Å². The summed E-state index contributed by atoms with van der Waals surface area (Å²) in [5, 5.41) is 3.01. The summed E-state index contributed by atoms with van der Waals surface area (Å²) in [7, 11) is 3.22. The number of nitrogens with zero attached hydrogens (tertiary/aromatic N) is 1. The first-order valence-corrected chi connectivity index (χ1v) is 11.8. The van der Waals surface area contributed by atoms with E-state index in [1.54, 1.807) is 19.1 Å². The van der Waals surface area contributed by atoms with E-state index in [1.165, 1.54) is 0 Å². The number of carbonyl (C=O) groups excluding carboxylic acids is 2. The maximum Gasteiger partial charge on any atom is 0.243 e. The summed E-state index contributed by atoms with van der Waals surface area (Å²) in [5.74, 6) is 1.14. The van der Waals surface area contributed by atoms with Gasteiger partial charge in [-0.25, -0.2) is 0 Å². The molecule has 0 aliphatic rings. The largest absolute Gasteiger partial charge is 0.497 e. The van der Waals surface area contributed by atoms with Crippen molar-refractivity contribution in [3.8, 4) is 11.5 Å². The summed E-state index contributed by atoms with van der Waals surface area (Å²) < 4.78 is 10.6. The Bertz CT molecular complexity index is 1100. The fourth-order valence-electron chi connectivity index (χ4n) is 3.92. The van der Waals surface area contributed by atoms with Crippen molar-refractivity contribution in [2.45, 2.75) is 45.3 Å². The molecule has 0 aliphatic heterocycles. The molecule has 3 aromatic rings. The Kier molecular flexibility index (Phi) is 9.30. The van der Waals surface area contributed by atoms with Gasteiger partial charge < -0.3 is 19.7 Å². The van der Waals surface area contributed by atoms with Crippen molar-refractivity contribution < 1.29 is 19.1 Å². The monoisotopic (exact) mass is 474 g/mol. The smallest absolute Gasteiger partial charge is 0.243 e. The van der Waals surface area contributed by atoms with Crippen molar-refractivity contribution in [3.05, 3.63) is 95.6 Å². The maximum atomic E-state index is 13.7. The first-order chi connectivity index (χ1) is 16.9. The van der Waals surface area contributed by atoms with Gasteiger partial charge in [0.05, 0.1) is 20.6 Å². The lowest BCUT2D eigenvalue weighted by Crippen LogP contribution is -2.52. The van der Waals surface area contributed by atoms with Gasteiger partial charge in [0.25, 0.3) is 0 Å². The minimum Gasteiger partial charge on any atom is -0.497 e. The molecule has 0 spiro atoms. The highest BCUT2D eigenvalue weighted by Crippen LogP contribution is 2.20. The molecule has 0 bridgehead atoms. The van der Waals surface area contributed by atoms with Crippen molar-refractivity contribution >= 4 is 11.8 Å². The number of benzene rings is 3. The number of amides is 2. The van der Waals surface area contributed by atoms with Gasteiger partial charge in [-0.1, -0.05) is 54.6 Å². The van der Waals surface area contributed by atoms with E-state index >= 15 is 0 Å². The Morgan fingerprint density at radius 3 is 2.09 bits per heavy atom. The Morgan fingerprint density at radius 1 is 0.800 bits per heavy atom. The van der Waals surface area contributed by atoms with E-state index in [9.17, 15) is 9.59 Å². The third-order valence-electron chi connectivity index (χ3n) is 5.70. The first-order valence-electron chi connectivity index (χ1n) is 11.8. The third kappa shape index (κ3) is 7.60. The zero-order valence-corrected chi connectivity index (χ0v) is 20.9. The number of hydrogen-bond acceptors (Lipinski definition) is 4. The fourth-order valence-corrected chi connectivity index (χ4v) is 3.92. The number of hydrogen-bond donors (Lipinski definition) is 1. The van der Waals surface area contributed by atoms with Crippen molar-refractivity contribution in [1.82, 2.24) is 10.2 Å². The zero-order valence-electron chi connectivity index (χ0n) is 20.9. The Balaban J connectivity index is 1.96. The normalized spacial score (nSPS) is 11.6. The highest BCUT2D eigenvalue weighted by molar-refractivity contribution is 5.89. The molecule has 0 fully saturated rings. The molecule has 184 valence electrons. The second kappa shape index (κ2) is 12.6. The van der Waals surface area contributed by atoms with Gasteiger partial charge in [-0.3, -0.25) is 9.59 Å². The molecule has 3 rings (SSSR count). The summed E-state index contributed by atoms with van der Waals surface area (Å²) in [4.78, 5) is 28.8. The average Bonchev–Trinajstić information content (AvgIpc) is 2.86. The minimum absolute atomic E-state index is 0.0452. The number of nitrogens with one attached hydrogen (secondary N) is 1. The molecule has 3 aromatic carbocycles. The van der Waals surface area contributed by atoms with E-state index in [0.717, 1.165) is 22.4 Å². The molecule has 1 atom stereocenters. The second-order valence-corrected chi connectivity index (χ2v) is 8.77. The molecular weight excluding hydrogens is 440 g/mol. The predicted octanol–water partition coefficient (Wildman–Crippen LogP) is 4.41. The molecular formula is C29H34N2O4. The predicted molar refractivity (Wildman–Crippen MR) is 137 cm³/mol. The Hall–Kier alpha value is -3.80. The molecule has 0 aromatic heterocycles. The van der Waals surface area contributed by atoms with Crippen LogP contribution in [0.3, 0.4) is 0 Å². The molecule has 1 N–H and O–H groups in total. The Labute approximate surface area is 207 Å². The lowest BCUT2D eigenvalue weighted by molar-refractivity contribution is -0.141. The highest BCUT2D eigenvalue weighted by atomic mass is 16.5. The second-order valence-electron chi connectivity index (χ2n) is 8.77. The van der Waals surface area contributed by atoms with Gasteiger partial charge >= 0.3 is 0 Å². The molecule has 0 saturated carbocycles. The van der Waals surface area contributed by atoms with Gasteiger partial charge in [-0.05, 0) is 54.8 Å². The van der Waals surface area contributed by atoms with Crippen LogP contribution in [0.15, 0.2) is 78.9 Å². The van der Waals surface area contributed by atoms with Gasteiger partial charge in [-0.2, -0.15) is 0 Å². The first kappa shape index (κ1) is 25.8. The lowest BCUT2D eigenvalue weighted by atomic mass is 10.0. The van der Waals surface area contributed by atoms with E-state index in [2.05, 4.69) is 5.32 Å². The van der Waals surface area contributed by atoms with Crippen molar-refractivity contribution in [1.29, 1.82) is 0 Å². The van der Waals surface area contributed by atoms with Crippen molar-refractivity contribution in [3.63, 3.8) is 0 Å². The molecule has 0 saturated heterocycles. The topological polar surface area (TPSA) is 67.9 Å². The maximum absolute atomic E-state index is 13.7. The highest BCUT2D eigenvalue weighted by Gasteiger charge is 2.30. The van der Waals surface area contributed by atoms with Crippen molar-refractivity contribution in [2.24, 2.45) is 0 Å². The average molecular weight is 475 g/mol. The summed E-state index contributed by atoms with van der Waals surface area (Å²) in [6.07, 6.45) is 0.589. The third-order valence-corrected chi connectivity index (χ3v) is 5.70. The molecule has 0 radical (unpaired) electrons. The minimum atomic E-state index is -0.670. The van der Waals surface area contributed by atoms with Crippen LogP contribution in [0.1, 0.15) is 30.5 Å². The van der Waals surface area contributed by atoms with E-state index in [1.807, 2.05) is 92.7 Å². The van der Waals surface area contributed by atoms with Gasteiger partial charge in [-0.15, -0.1) is 0 Å². The van der Waals surface area contributed by atoms with Crippen molar-refractivity contribution in [2.75, 3.05) is 14.2 Å². The van der Waals surface area contributed by atoms with E-state index < -0.39 is 6.04 Å². The van der Waals surface area contributed by atoms with E-state index in [4.69, 9.17) is 9.47 Å². The van der Waals surface area contributed by atoms with Gasteiger partial charge in [0.15, 0.2) is 0 Å².